The second-order valence-corrected chi connectivity index (χ2v) is 7.95. The van der Waals surface area contributed by atoms with E-state index in [1.165, 1.54) is 5.56 Å². The number of carbonyl (C=O) groups excluding carboxylic acids is 2. The molecule has 1 aromatic carbocycles. The minimum Gasteiger partial charge on any atom is -0.392 e. The first-order valence-electron chi connectivity index (χ1n) is 11.0. The largest absolute Gasteiger partial charge is 0.392 e. The highest BCUT2D eigenvalue weighted by Gasteiger charge is 2.39. The average Bonchev–Trinajstić information content (AvgIpc) is 3.00. The van der Waals surface area contributed by atoms with E-state index in [9.17, 15) is 19.8 Å². The molecule has 1 fully saturated rings. The summed E-state index contributed by atoms with van der Waals surface area (Å²) >= 11 is 0. The van der Waals surface area contributed by atoms with Crippen LogP contribution in [0.25, 0.3) is 0 Å². The Bertz CT molecular complexity index is 713. The molecule has 0 spiro atoms. The van der Waals surface area contributed by atoms with Gasteiger partial charge in [-0.2, -0.15) is 0 Å². The molecule has 1 aromatic rings. The topological polar surface area (TPSA) is 86.6 Å². The zero-order valence-electron chi connectivity index (χ0n) is 17.9. The van der Waals surface area contributed by atoms with E-state index in [0.29, 0.717) is 25.8 Å². The molecule has 0 aromatic heterocycles. The molecule has 1 aliphatic carbocycles. The van der Waals surface area contributed by atoms with Crippen LogP contribution in [-0.2, 0) is 16.0 Å². The first kappa shape index (κ1) is 24.0. The lowest BCUT2D eigenvalue weighted by atomic mass is 9.90. The maximum Gasteiger partial charge on any atom is 0.219 e. The fourth-order valence-electron chi connectivity index (χ4n) is 3.87. The van der Waals surface area contributed by atoms with Gasteiger partial charge in [0.1, 0.15) is 5.78 Å². The van der Waals surface area contributed by atoms with Gasteiger partial charge in [-0.1, -0.05) is 54.6 Å². The molecule has 5 nitrogen and oxygen atoms in total. The standard InChI is InChI=1S/C25H35NO4/c1-2-26-25(30)13-9-4-3-8-12-21-22(24(29)18-23(21)28)17-16-20(27)15-14-19-10-6-5-7-11-19/h3,5-8,10-11,16-17,20-22,24,27,29H,2,4,9,12-15,18H2,1H3,(H,26,30). The minimum atomic E-state index is -0.689. The number of rotatable bonds is 12. The monoisotopic (exact) mass is 413 g/mol. The number of nitrogens with one attached hydrogen (secondary N) is 1. The smallest absolute Gasteiger partial charge is 0.219 e. The van der Waals surface area contributed by atoms with Crippen molar-refractivity contribution in [3.63, 3.8) is 0 Å². The highest BCUT2D eigenvalue weighted by atomic mass is 16.3. The van der Waals surface area contributed by atoms with E-state index in [2.05, 4.69) is 5.32 Å². The van der Waals surface area contributed by atoms with Crippen molar-refractivity contribution in [2.75, 3.05) is 6.54 Å². The fraction of sp³-hybridized carbons (Fsp3) is 0.520. The van der Waals surface area contributed by atoms with E-state index >= 15 is 0 Å². The summed E-state index contributed by atoms with van der Waals surface area (Å²) in [4.78, 5) is 23.7. The maximum absolute atomic E-state index is 12.3. The van der Waals surface area contributed by atoms with Gasteiger partial charge in [0.25, 0.3) is 0 Å². The van der Waals surface area contributed by atoms with Gasteiger partial charge in [-0.15, -0.1) is 0 Å². The SMILES string of the molecule is CCNC(=O)CCCC=CCC1C(=O)CC(O)C1C=CC(O)CCc1ccccc1. The normalized spacial score (nSPS) is 22.8. The minimum absolute atomic E-state index is 0.0658. The van der Waals surface area contributed by atoms with Crippen LogP contribution in [0.5, 0.6) is 0 Å². The lowest BCUT2D eigenvalue weighted by molar-refractivity contribution is -0.121. The Morgan fingerprint density at radius 2 is 2.03 bits per heavy atom. The van der Waals surface area contributed by atoms with E-state index in [-0.39, 0.29) is 29.9 Å². The highest BCUT2D eigenvalue weighted by molar-refractivity contribution is 5.84. The predicted octanol–water partition coefficient (Wildman–Crippen LogP) is 3.36. The molecule has 5 heteroatoms. The molecule has 0 heterocycles. The maximum atomic E-state index is 12.3. The van der Waals surface area contributed by atoms with E-state index in [0.717, 1.165) is 19.3 Å². The molecule has 1 amide bonds. The van der Waals surface area contributed by atoms with Crippen LogP contribution in [0.3, 0.4) is 0 Å². The van der Waals surface area contributed by atoms with Crippen molar-refractivity contribution in [1.29, 1.82) is 0 Å². The number of Topliss-reactive ketones (excluding diaryl/α,β-unsaturated/α-hetero) is 1. The Kier molecular flexibility index (Phi) is 10.5. The molecule has 4 atom stereocenters. The van der Waals surface area contributed by atoms with Crippen molar-refractivity contribution < 1.29 is 19.8 Å². The quantitative estimate of drug-likeness (QED) is 0.362. The number of aryl methyl sites for hydroxylation is 1. The van der Waals surface area contributed by atoms with Gasteiger partial charge in [0, 0.05) is 31.2 Å². The molecular weight excluding hydrogens is 378 g/mol. The van der Waals surface area contributed by atoms with Gasteiger partial charge in [0.2, 0.25) is 5.91 Å². The number of aliphatic hydroxyl groups is 2. The van der Waals surface area contributed by atoms with Crippen LogP contribution >= 0.6 is 0 Å². The Morgan fingerprint density at radius 1 is 1.27 bits per heavy atom. The van der Waals surface area contributed by atoms with Crippen LogP contribution < -0.4 is 5.32 Å². The summed E-state index contributed by atoms with van der Waals surface area (Å²) in [5.74, 6) is -0.375. The van der Waals surface area contributed by atoms with Crippen molar-refractivity contribution in [3.05, 3.63) is 60.2 Å². The summed E-state index contributed by atoms with van der Waals surface area (Å²) < 4.78 is 0. The van der Waals surface area contributed by atoms with Crippen molar-refractivity contribution in [2.45, 2.75) is 64.1 Å². The zero-order valence-corrected chi connectivity index (χ0v) is 17.9. The van der Waals surface area contributed by atoms with Crippen LogP contribution in [0.4, 0.5) is 0 Å². The number of amides is 1. The molecule has 0 radical (unpaired) electrons. The Morgan fingerprint density at radius 3 is 2.77 bits per heavy atom. The number of hydrogen-bond acceptors (Lipinski definition) is 4. The van der Waals surface area contributed by atoms with E-state index < -0.39 is 12.2 Å². The second kappa shape index (κ2) is 13.1. The van der Waals surface area contributed by atoms with Gasteiger partial charge < -0.3 is 15.5 Å². The number of hydrogen-bond donors (Lipinski definition) is 3. The summed E-state index contributed by atoms with van der Waals surface area (Å²) in [7, 11) is 0. The molecular formula is C25H35NO4. The summed E-state index contributed by atoms with van der Waals surface area (Å²) in [5.41, 5.74) is 1.18. The van der Waals surface area contributed by atoms with Crippen LogP contribution in [0.1, 0.15) is 51.0 Å². The molecule has 164 valence electrons. The van der Waals surface area contributed by atoms with Gasteiger partial charge in [-0.25, -0.2) is 0 Å². The molecule has 4 unspecified atom stereocenters. The average molecular weight is 414 g/mol. The van der Waals surface area contributed by atoms with Crippen LogP contribution in [0.2, 0.25) is 0 Å². The lowest BCUT2D eigenvalue weighted by Crippen LogP contribution is -2.21. The van der Waals surface area contributed by atoms with Crippen molar-refractivity contribution >= 4 is 11.7 Å². The van der Waals surface area contributed by atoms with E-state index in [4.69, 9.17) is 0 Å². The summed E-state index contributed by atoms with van der Waals surface area (Å²) in [6, 6.07) is 10.0. The first-order valence-corrected chi connectivity index (χ1v) is 11.0. The van der Waals surface area contributed by atoms with Gasteiger partial charge in [0.15, 0.2) is 0 Å². The molecule has 0 aliphatic heterocycles. The van der Waals surface area contributed by atoms with Gasteiger partial charge in [0.05, 0.1) is 12.2 Å². The number of allylic oxidation sites excluding steroid dienone is 2. The van der Waals surface area contributed by atoms with E-state index in [1.54, 1.807) is 6.08 Å². The number of carbonyl (C=O) groups is 2. The van der Waals surface area contributed by atoms with Gasteiger partial charge >= 0.3 is 0 Å². The first-order chi connectivity index (χ1) is 14.5. The number of benzene rings is 1. The highest BCUT2D eigenvalue weighted by Crippen LogP contribution is 2.33. The Hall–Kier alpha value is -2.24. The van der Waals surface area contributed by atoms with Crippen molar-refractivity contribution in [2.24, 2.45) is 11.8 Å². The molecule has 30 heavy (non-hydrogen) atoms. The molecule has 0 saturated heterocycles. The molecule has 1 saturated carbocycles. The van der Waals surface area contributed by atoms with Crippen LogP contribution in [0, 0.1) is 11.8 Å². The predicted molar refractivity (Wildman–Crippen MR) is 119 cm³/mol. The third-order valence-corrected chi connectivity index (χ3v) is 5.57. The van der Waals surface area contributed by atoms with Crippen molar-refractivity contribution in [1.82, 2.24) is 5.32 Å². The molecule has 0 bridgehead atoms. The van der Waals surface area contributed by atoms with Gasteiger partial charge in [-0.05, 0) is 44.6 Å². The molecule has 2 rings (SSSR count). The van der Waals surface area contributed by atoms with Crippen molar-refractivity contribution in [3.8, 4) is 0 Å². The number of ketones is 1. The lowest BCUT2D eigenvalue weighted by Gasteiger charge is -2.16. The summed E-state index contributed by atoms with van der Waals surface area (Å²) in [6.45, 7) is 2.55. The van der Waals surface area contributed by atoms with E-state index in [1.807, 2.05) is 55.5 Å². The Labute approximate surface area is 179 Å². The van der Waals surface area contributed by atoms with Crippen LogP contribution in [0.15, 0.2) is 54.6 Å². The Balaban J connectivity index is 1.78. The third-order valence-electron chi connectivity index (χ3n) is 5.57. The number of unbranched alkanes of at least 4 members (excludes halogenated alkanes) is 1. The summed E-state index contributed by atoms with van der Waals surface area (Å²) in [6.07, 6.45) is 10.4. The van der Waals surface area contributed by atoms with Crippen LogP contribution in [-0.4, -0.2) is 40.7 Å². The molecule has 1 aliphatic rings. The third kappa shape index (κ3) is 8.25. The number of aliphatic hydroxyl groups excluding tert-OH is 2. The zero-order chi connectivity index (χ0) is 21.8. The summed E-state index contributed by atoms with van der Waals surface area (Å²) in [5, 5.41) is 23.3. The fourth-order valence-corrected chi connectivity index (χ4v) is 3.87. The van der Waals surface area contributed by atoms with Gasteiger partial charge in [-0.3, -0.25) is 9.59 Å². The molecule has 3 N–H and O–H groups in total. The second-order valence-electron chi connectivity index (χ2n) is 7.95.